The maximum Gasteiger partial charge on any atom is 0.149 e. The lowest BCUT2D eigenvalue weighted by molar-refractivity contribution is 0.374. The SMILES string of the molecule is CCCNC(CS(C)(=O)=O)c1c(OC)cccc1OC. The van der Waals surface area contributed by atoms with Crippen molar-refractivity contribution in [1.82, 2.24) is 5.32 Å². The molecule has 0 fully saturated rings. The number of hydrogen-bond donors (Lipinski definition) is 1. The first-order chi connectivity index (χ1) is 9.42. The van der Waals surface area contributed by atoms with Crippen molar-refractivity contribution in [2.75, 3.05) is 32.8 Å². The molecule has 0 aliphatic carbocycles. The van der Waals surface area contributed by atoms with Gasteiger partial charge in [0.05, 0.1) is 31.6 Å². The summed E-state index contributed by atoms with van der Waals surface area (Å²) in [4.78, 5) is 0. The predicted octanol–water partition coefficient (Wildman–Crippen LogP) is 1.79. The monoisotopic (exact) mass is 301 g/mol. The Morgan fingerprint density at radius 3 is 2.15 bits per heavy atom. The van der Waals surface area contributed by atoms with Gasteiger partial charge >= 0.3 is 0 Å². The predicted molar refractivity (Wildman–Crippen MR) is 80.3 cm³/mol. The summed E-state index contributed by atoms with van der Waals surface area (Å²) in [5.74, 6) is 1.26. The second-order valence-corrected chi connectivity index (χ2v) is 6.86. The summed E-state index contributed by atoms with van der Waals surface area (Å²) in [7, 11) is 0.00469. The van der Waals surface area contributed by atoms with Crippen LogP contribution in [0.25, 0.3) is 0 Å². The van der Waals surface area contributed by atoms with Crippen molar-refractivity contribution >= 4 is 9.84 Å². The van der Waals surface area contributed by atoms with Gasteiger partial charge in [-0.2, -0.15) is 0 Å². The third kappa shape index (κ3) is 4.68. The van der Waals surface area contributed by atoms with Gasteiger partial charge in [-0.1, -0.05) is 13.0 Å². The quantitative estimate of drug-likeness (QED) is 0.793. The summed E-state index contributed by atoms with van der Waals surface area (Å²) < 4.78 is 34.0. The molecule has 0 bridgehead atoms. The van der Waals surface area contributed by atoms with E-state index in [2.05, 4.69) is 5.32 Å². The van der Waals surface area contributed by atoms with Crippen LogP contribution in [0.1, 0.15) is 24.9 Å². The molecular formula is C14H23NO4S. The van der Waals surface area contributed by atoms with Gasteiger partial charge in [0.15, 0.2) is 0 Å². The lowest BCUT2D eigenvalue weighted by atomic mass is 10.1. The Bertz CT molecular complexity index is 506. The molecule has 0 saturated carbocycles. The van der Waals surface area contributed by atoms with E-state index < -0.39 is 9.84 Å². The van der Waals surface area contributed by atoms with Crippen molar-refractivity contribution in [2.45, 2.75) is 19.4 Å². The summed E-state index contributed by atoms with van der Waals surface area (Å²) in [6.45, 7) is 2.76. The highest BCUT2D eigenvalue weighted by Crippen LogP contribution is 2.34. The van der Waals surface area contributed by atoms with Crippen molar-refractivity contribution in [3.8, 4) is 11.5 Å². The van der Waals surface area contributed by atoms with Crippen LogP contribution in [0.4, 0.5) is 0 Å². The van der Waals surface area contributed by atoms with Crippen molar-refractivity contribution < 1.29 is 17.9 Å². The second kappa shape index (κ2) is 7.50. The molecule has 0 aliphatic rings. The molecule has 0 aliphatic heterocycles. The Labute approximate surface area is 121 Å². The number of sulfone groups is 1. The standard InChI is InChI=1S/C14H23NO4S/c1-5-9-15-11(10-20(4,16)17)14-12(18-2)7-6-8-13(14)19-3/h6-8,11,15H,5,9-10H2,1-4H3. The normalized spacial score (nSPS) is 13.0. The molecule has 0 radical (unpaired) electrons. The molecule has 20 heavy (non-hydrogen) atoms. The summed E-state index contributed by atoms with van der Waals surface area (Å²) >= 11 is 0. The average molecular weight is 301 g/mol. The molecule has 1 atom stereocenters. The van der Waals surface area contributed by atoms with Gasteiger partial charge in [0.2, 0.25) is 0 Å². The number of rotatable bonds is 8. The summed E-state index contributed by atoms with van der Waals surface area (Å²) in [5, 5.41) is 3.25. The number of benzene rings is 1. The van der Waals surface area contributed by atoms with E-state index in [9.17, 15) is 8.42 Å². The van der Waals surface area contributed by atoms with E-state index in [0.29, 0.717) is 11.5 Å². The highest BCUT2D eigenvalue weighted by atomic mass is 32.2. The lowest BCUT2D eigenvalue weighted by Crippen LogP contribution is -2.29. The number of nitrogens with one attached hydrogen (secondary N) is 1. The zero-order valence-corrected chi connectivity index (χ0v) is 13.3. The molecular weight excluding hydrogens is 278 g/mol. The van der Waals surface area contributed by atoms with E-state index in [-0.39, 0.29) is 11.8 Å². The number of ether oxygens (including phenoxy) is 2. The van der Waals surface area contributed by atoms with Gasteiger partial charge in [-0.15, -0.1) is 0 Å². The fourth-order valence-electron chi connectivity index (χ4n) is 2.09. The van der Waals surface area contributed by atoms with E-state index in [1.165, 1.54) is 6.26 Å². The molecule has 0 heterocycles. The van der Waals surface area contributed by atoms with E-state index in [1.807, 2.05) is 13.0 Å². The van der Waals surface area contributed by atoms with E-state index >= 15 is 0 Å². The first-order valence-corrected chi connectivity index (χ1v) is 8.61. The zero-order chi connectivity index (χ0) is 15.2. The highest BCUT2D eigenvalue weighted by molar-refractivity contribution is 7.90. The van der Waals surface area contributed by atoms with Gasteiger partial charge in [0.25, 0.3) is 0 Å². The van der Waals surface area contributed by atoms with Gasteiger partial charge in [0, 0.05) is 6.26 Å². The molecule has 114 valence electrons. The first-order valence-electron chi connectivity index (χ1n) is 6.55. The number of hydrogen-bond acceptors (Lipinski definition) is 5. The molecule has 1 N–H and O–H groups in total. The minimum Gasteiger partial charge on any atom is -0.496 e. The summed E-state index contributed by atoms with van der Waals surface area (Å²) in [6, 6.07) is 5.08. The van der Waals surface area contributed by atoms with Crippen LogP contribution in [0.15, 0.2) is 18.2 Å². The Morgan fingerprint density at radius 2 is 1.75 bits per heavy atom. The van der Waals surface area contributed by atoms with Crippen LogP contribution >= 0.6 is 0 Å². The maximum absolute atomic E-state index is 11.7. The van der Waals surface area contributed by atoms with Crippen molar-refractivity contribution in [3.63, 3.8) is 0 Å². The van der Waals surface area contributed by atoms with Gasteiger partial charge in [-0.3, -0.25) is 0 Å². The van der Waals surface area contributed by atoms with Crippen LogP contribution in [0.2, 0.25) is 0 Å². The van der Waals surface area contributed by atoms with Gasteiger partial charge in [-0.05, 0) is 25.1 Å². The van der Waals surface area contributed by atoms with Gasteiger partial charge in [0.1, 0.15) is 21.3 Å². The van der Waals surface area contributed by atoms with Crippen molar-refractivity contribution in [2.24, 2.45) is 0 Å². The van der Waals surface area contributed by atoms with E-state index in [1.54, 1.807) is 26.4 Å². The largest absolute Gasteiger partial charge is 0.496 e. The van der Waals surface area contributed by atoms with E-state index in [0.717, 1.165) is 18.5 Å². The highest BCUT2D eigenvalue weighted by Gasteiger charge is 2.24. The van der Waals surface area contributed by atoms with Gasteiger partial charge in [-0.25, -0.2) is 8.42 Å². The molecule has 1 unspecified atom stereocenters. The minimum absolute atomic E-state index is 0.00370. The molecule has 0 spiro atoms. The molecule has 0 saturated heterocycles. The van der Waals surface area contributed by atoms with Crippen LogP contribution in [0.3, 0.4) is 0 Å². The zero-order valence-electron chi connectivity index (χ0n) is 12.5. The third-order valence-electron chi connectivity index (χ3n) is 2.92. The Kier molecular flexibility index (Phi) is 6.29. The summed E-state index contributed by atoms with van der Waals surface area (Å²) in [6.07, 6.45) is 2.15. The smallest absolute Gasteiger partial charge is 0.149 e. The molecule has 6 heteroatoms. The molecule has 0 amide bonds. The van der Waals surface area contributed by atoms with Crippen molar-refractivity contribution in [1.29, 1.82) is 0 Å². The maximum atomic E-state index is 11.7. The molecule has 1 rings (SSSR count). The topological polar surface area (TPSA) is 64.6 Å². The first kappa shape index (κ1) is 16.8. The average Bonchev–Trinajstić information content (AvgIpc) is 2.41. The third-order valence-corrected chi connectivity index (χ3v) is 3.86. The Hall–Kier alpha value is -1.27. The molecule has 1 aromatic rings. The fourth-order valence-corrected chi connectivity index (χ4v) is 2.98. The minimum atomic E-state index is -3.13. The van der Waals surface area contributed by atoms with Crippen LogP contribution < -0.4 is 14.8 Å². The van der Waals surface area contributed by atoms with E-state index in [4.69, 9.17) is 9.47 Å². The fraction of sp³-hybridized carbons (Fsp3) is 0.571. The van der Waals surface area contributed by atoms with Crippen LogP contribution in [0, 0.1) is 0 Å². The van der Waals surface area contributed by atoms with Crippen LogP contribution in [-0.4, -0.2) is 41.2 Å². The van der Waals surface area contributed by atoms with Crippen LogP contribution in [0.5, 0.6) is 11.5 Å². The lowest BCUT2D eigenvalue weighted by Gasteiger charge is -2.22. The molecule has 1 aromatic carbocycles. The Morgan fingerprint density at radius 1 is 1.20 bits per heavy atom. The molecule has 0 aromatic heterocycles. The van der Waals surface area contributed by atoms with Crippen molar-refractivity contribution in [3.05, 3.63) is 23.8 Å². The van der Waals surface area contributed by atoms with Gasteiger partial charge < -0.3 is 14.8 Å². The Balaban J connectivity index is 3.23. The number of methoxy groups -OCH3 is 2. The second-order valence-electron chi connectivity index (χ2n) is 4.68. The summed E-state index contributed by atoms with van der Waals surface area (Å²) in [5.41, 5.74) is 0.747. The molecule has 5 nitrogen and oxygen atoms in total. The van der Waals surface area contributed by atoms with Crippen LogP contribution in [-0.2, 0) is 9.84 Å².